The monoisotopic (exact) mass is 297 g/mol. The zero-order valence-corrected chi connectivity index (χ0v) is 12.4. The van der Waals surface area contributed by atoms with Crippen LogP contribution in [0.25, 0.3) is 5.65 Å². The van der Waals surface area contributed by atoms with Crippen LogP contribution < -0.4 is 10.1 Å². The second kappa shape index (κ2) is 6.60. The number of methoxy groups -OCH3 is 1. The average Bonchev–Trinajstić information content (AvgIpc) is 2.97. The molecule has 0 saturated carbocycles. The molecular weight excluding hydrogens is 278 g/mol. The first-order chi connectivity index (χ1) is 10.8. The van der Waals surface area contributed by atoms with Gasteiger partial charge in [0.25, 0.3) is 0 Å². The summed E-state index contributed by atoms with van der Waals surface area (Å²) in [5.41, 5.74) is 2.71. The number of nitrogens with one attached hydrogen (secondary N) is 1. The predicted molar refractivity (Wildman–Crippen MR) is 84.9 cm³/mol. The second-order valence-corrected chi connectivity index (χ2v) is 5.12. The molecule has 0 spiro atoms. The maximum absolute atomic E-state index is 10.2. The molecule has 0 aliphatic heterocycles. The summed E-state index contributed by atoms with van der Waals surface area (Å²) in [7, 11) is 1.62. The lowest BCUT2D eigenvalue weighted by atomic mass is 10.1. The fourth-order valence-electron chi connectivity index (χ4n) is 2.38. The van der Waals surface area contributed by atoms with Crippen molar-refractivity contribution in [3.8, 4) is 5.75 Å². The SMILES string of the molecule is COc1cccc(C(O)CNCc2cn3ccccc3n2)c1. The molecule has 3 aromatic rings. The standard InChI is InChI=1S/C17H19N3O2/c1-22-15-6-4-5-13(9-15)16(21)11-18-10-14-12-20-8-3-2-7-17(20)19-14/h2-9,12,16,18,21H,10-11H2,1H3. The first-order valence-electron chi connectivity index (χ1n) is 7.21. The van der Waals surface area contributed by atoms with Gasteiger partial charge >= 0.3 is 0 Å². The van der Waals surface area contributed by atoms with Crippen molar-refractivity contribution >= 4 is 5.65 Å². The third-order valence-electron chi connectivity index (χ3n) is 3.54. The normalized spacial score (nSPS) is 12.5. The Morgan fingerprint density at radius 3 is 3.00 bits per heavy atom. The Morgan fingerprint density at radius 2 is 2.18 bits per heavy atom. The summed E-state index contributed by atoms with van der Waals surface area (Å²) in [5.74, 6) is 0.747. The van der Waals surface area contributed by atoms with Crippen LogP contribution in [0.5, 0.6) is 5.75 Å². The molecule has 3 rings (SSSR count). The zero-order chi connectivity index (χ0) is 15.4. The van der Waals surface area contributed by atoms with Crippen molar-refractivity contribution in [2.75, 3.05) is 13.7 Å². The molecule has 0 radical (unpaired) electrons. The number of rotatable bonds is 6. The second-order valence-electron chi connectivity index (χ2n) is 5.12. The molecule has 0 aliphatic rings. The van der Waals surface area contributed by atoms with E-state index in [0.717, 1.165) is 22.7 Å². The van der Waals surface area contributed by atoms with Crippen molar-refractivity contribution in [2.24, 2.45) is 0 Å². The number of aromatic nitrogens is 2. The highest BCUT2D eigenvalue weighted by Crippen LogP contribution is 2.18. The highest BCUT2D eigenvalue weighted by atomic mass is 16.5. The van der Waals surface area contributed by atoms with Crippen molar-refractivity contribution in [3.63, 3.8) is 0 Å². The molecule has 0 amide bonds. The van der Waals surface area contributed by atoms with Crippen LogP contribution in [0.4, 0.5) is 0 Å². The Labute approximate surface area is 129 Å². The third kappa shape index (κ3) is 3.27. The van der Waals surface area contributed by atoms with Gasteiger partial charge in [-0.3, -0.25) is 0 Å². The number of aliphatic hydroxyl groups is 1. The number of imidazole rings is 1. The molecule has 22 heavy (non-hydrogen) atoms. The largest absolute Gasteiger partial charge is 0.497 e. The molecule has 114 valence electrons. The Balaban J connectivity index is 1.57. The minimum atomic E-state index is -0.577. The van der Waals surface area contributed by atoms with Gasteiger partial charge in [0, 0.05) is 25.5 Å². The number of hydrogen-bond acceptors (Lipinski definition) is 4. The zero-order valence-electron chi connectivity index (χ0n) is 12.4. The number of aliphatic hydroxyl groups excluding tert-OH is 1. The van der Waals surface area contributed by atoms with E-state index in [4.69, 9.17) is 4.74 Å². The lowest BCUT2D eigenvalue weighted by molar-refractivity contribution is 0.174. The summed E-state index contributed by atoms with van der Waals surface area (Å²) in [6.45, 7) is 1.07. The molecule has 0 bridgehead atoms. The van der Waals surface area contributed by atoms with E-state index in [1.54, 1.807) is 7.11 Å². The molecule has 2 aromatic heterocycles. The van der Waals surface area contributed by atoms with Crippen LogP contribution in [-0.4, -0.2) is 28.1 Å². The van der Waals surface area contributed by atoms with E-state index >= 15 is 0 Å². The summed E-state index contributed by atoms with van der Waals surface area (Å²) in [5, 5.41) is 13.4. The predicted octanol–water partition coefficient (Wildman–Crippen LogP) is 2.17. The molecule has 2 N–H and O–H groups in total. The number of hydrogen-bond donors (Lipinski definition) is 2. The summed E-state index contributed by atoms with van der Waals surface area (Å²) >= 11 is 0. The quantitative estimate of drug-likeness (QED) is 0.732. The summed E-state index contributed by atoms with van der Waals surface area (Å²) in [6.07, 6.45) is 3.38. The Kier molecular flexibility index (Phi) is 4.37. The van der Waals surface area contributed by atoms with Gasteiger partial charge in [0.1, 0.15) is 11.4 Å². The molecule has 0 saturated heterocycles. The molecule has 0 fully saturated rings. The molecule has 1 atom stereocenters. The fraction of sp³-hybridized carbons (Fsp3) is 0.235. The van der Waals surface area contributed by atoms with Crippen molar-refractivity contribution in [1.29, 1.82) is 0 Å². The van der Waals surface area contributed by atoms with Gasteiger partial charge in [0.15, 0.2) is 0 Å². The van der Waals surface area contributed by atoms with E-state index in [-0.39, 0.29) is 0 Å². The van der Waals surface area contributed by atoms with Crippen LogP contribution in [0.1, 0.15) is 17.4 Å². The van der Waals surface area contributed by atoms with E-state index in [0.29, 0.717) is 13.1 Å². The van der Waals surface area contributed by atoms with Crippen LogP contribution in [0.15, 0.2) is 54.9 Å². The van der Waals surface area contributed by atoms with Gasteiger partial charge in [0.05, 0.1) is 18.9 Å². The van der Waals surface area contributed by atoms with Crippen molar-refractivity contribution < 1.29 is 9.84 Å². The summed E-state index contributed by atoms with van der Waals surface area (Å²) in [6, 6.07) is 13.4. The van der Waals surface area contributed by atoms with Gasteiger partial charge in [-0.15, -0.1) is 0 Å². The van der Waals surface area contributed by atoms with Crippen molar-refractivity contribution in [2.45, 2.75) is 12.6 Å². The van der Waals surface area contributed by atoms with Gasteiger partial charge in [0.2, 0.25) is 0 Å². The van der Waals surface area contributed by atoms with Crippen LogP contribution in [0.3, 0.4) is 0 Å². The van der Waals surface area contributed by atoms with Gasteiger partial charge < -0.3 is 19.6 Å². The van der Waals surface area contributed by atoms with Crippen LogP contribution >= 0.6 is 0 Å². The van der Waals surface area contributed by atoms with Crippen LogP contribution in [0, 0.1) is 0 Å². The first kappa shape index (κ1) is 14.6. The van der Waals surface area contributed by atoms with E-state index in [2.05, 4.69) is 10.3 Å². The topological polar surface area (TPSA) is 58.8 Å². The molecule has 1 unspecified atom stereocenters. The highest BCUT2D eigenvalue weighted by molar-refractivity contribution is 5.39. The summed E-state index contributed by atoms with van der Waals surface area (Å²) < 4.78 is 7.15. The highest BCUT2D eigenvalue weighted by Gasteiger charge is 2.08. The minimum absolute atomic E-state index is 0.459. The summed E-state index contributed by atoms with van der Waals surface area (Å²) in [4.78, 5) is 4.51. The van der Waals surface area contributed by atoms with Crippen LogP contribution in [0.2, 0.25) is 0 Å². The average molecular weight is 297 g/mol. The lowest BCUT2D eigenvalue weighted by Crippen LogP contribution is -2.21. The van der Waals surface area contributed by atoms with E-state index in [9.17, 15) is 5.11 Å². The lowest BCUT2D eigenvalue weighted by Gasteiger charge is -2.12. The molecule has 1 aromatic carbocycles. The van der Waals surface area contributed by atoms with E-state index in [1.165, 1.54) is 0 Å². The van der Waals surface area contributed by atoms with Crippen molar-refractivity contribution in [1.82, 2.24) is 14.7 Å². The number of pyridine rings is 1. The van der Waals surface area contributed by atoms with Gasteiger partial charge in [-0.05, 0) is 29.8 Å². The molecular formula is C17H19N3O2. The van der Waals surface area contributed by atoms with Gasteiger partial charge in [-0.25, -0.2) is 4.98 Å². The molecule has 2 heterocycles. The van der Waals surface area contributed by atoms with Crippen molar-refractivity contribution in [3.05, 3.63) is 66.1 Å². The molecule has 5 nitrogen and oxygen atoms in total. The van der Waals surface area contributed by atoms with Crippen LogP contribution in [-0.2, 0) is 6.54 Å². The Morgan fingerprint density at radius 1 is 1.27 bits per heavy atom. The number of benzene rings is 1. The fourth-order valence-corrected chi connectivity index (χ4v) is 2.38. The van der Waals surface area contributed by atoms with E-state index < -0.39 is 6.10 Å². The maximum Gasteiger partial charge on any atom is 0.137 e. The van der Waals surface area contributed by atoms with Gasteiger partial charge in [-0.1, -0.05) is 18.2 Å². The molecule has 5 heteroatoms. The molecule has 0 aliphatic carbocycles. The number of fused-ring (bicyclic) bond motifs is 1. The third-order valence-corrected chi connectivity index (χ3v) is 3.54. The Bertz CT molecular complexity index is 721. The van der Waals surface area contributed by atoms with E-state index in [1.807, 2.05) is 59.3 Å². The smallest absolute Gasteiger partial charge is 0.137 e. The van der Waals surface area contributed by atoms with Gasteiger partial charge in [-0.2, -0.15) is 0 Å². The number of nitrogens with zero attached hydrogens (tertiary/aromatic N) is 2. The Hall–Kier alpha value is -2.37. The maximum atomic E-state index is 10.2. The minimum Gasteiger partial charge on any atom is -0.497 e. The number of ether oxygens (including phenoxy) is 1. The first-order valence-corrected chi connectivity index (χ1v) is 7.21.